The van der Waals surface area contributed by atoms with E-state index in [-0.39, 0.29) is 62.7 Å². The molecule has 5 aliphatic carbocycles. The molecule has 1 aromatic carbocycles. The minimum atomic E-state index is -0.550. The topological polar surface area (TPSA) is 85.4 Å². The Hall–Kier alpha value is -2.80. The Bertz CT molecular complexity index is 1680. The number of hydrogen-bond acceptors (Lipinski definition) is 6. The lowest BCUT2D eigenvalue weighted by atomic mass is 9.33. The lowest BCUT2D eigenvalue weighted by Gasteiger charge is -2.70. The number of ether oxygens (including phenoxy) is 1. The van der Waals surface area contributed by atoms with Crippen molar-refractivity contribution in [3.05, 3.63) is 47.4 Å². The van der Waals surface area contributed by atoms with Crippen LogP contribution in [0.2, 0.25) is 0 Å². The number of esters is 1. The Morgan fingerprint density at radius 3 is 2.33 bits per heavy atom. The maximum atomic E-state index is 14.7. The number of amides is 1. The van der Waals surface area contributed by atoms with Crippen LogP contribution >= 0.6 is 11.3 Å². The molecular weight excluding hydrogens is 617 g/mol. The van der Waals surface area contributed by atoms with Crippen LogP contribution in [0.3, 0.4) is 0 Å². The van der Waals surface area contributed by atoms with E-state index < -0.39 is 5.41 Å². The second-order valence-corrected chi connectivity index (χ2v) is 18.9. The third-order valence-electron chi connectivity index (χ3n) is 15.2. The molecule has 48 heavy (non-hydrogen) atoms. The number of fused-ring (bicyclic) bond motifs is 7. The lowest BCUT2D eigenvalue weighted by molar-refractivity contribution is -0.210. The summed E-state index contributed by atoms with van der Waals surface area (Å²) in [4.78, 5) is 45.6. The third kappa shape index (κ3) is 4.83. The first-order valence-electron chi connectivity index (χ1n) is 18.2. The largest absolute Gasteiger partial charge is 0.462 e. The average Bonchev–Trinajstić information content (AvgIpc) is 3.49. The molecule has 1 amide bonds. The predicted octanol–water partition coefficient (Wildman–Crippen LogP) is 9.66. The Morgan fingerprint density at radius 2 is 1.62 bits per heavy atom. The fraction of sp³-hybridized carbons (Fsp3) is 0.659. The molecule has 0 radical (unpaired) electrons. The lowest BCUT2D eigenvalue weighted by Crippen LogP contribution is -2.66. The fourth-order valence-electron chi connectivity index (χ4n) is 12.1. The molecule has 0 spiro atoms. The molecule has 0 aliphatic heterocycles. The number of aromatic nitrogens is 1. The van der Waals surface area contributed by atoms with Gasteiger partial charge in [-0.25, -0.2) is 4.98 Å². The van der Waals surface area contributed by atoms with Crippen molar-refractivity contribution in [2.75, 3.05) is 5.32 Å². The van der Waals surface area contributed by atoms with Crippen molar-refractivity contribution in [2.45, 2.75) is 119 Å². The molecule has 4 fully saturated rings. The van der Waals surface area contributed by atoms with Gasteiger partial charge >= 0.3 is 5.97 Å². The highest BCUT2D eigenvalue weighted by Gasteiger charge is 2.70. The molecule has 1 N–H and O–H groups in total. The van der Waals surface area contributed by atoms with Crippen molar-refractivity contribution < 1.29 is 19.1 Å². The molecule has 0 bridgehead atoms. The molecular formula is C41H54N2O4S. The Labute approximate surface area is 290 Å². The summed E-state index contributed by atoms with van der Waals surface area (Å²) < 4.78 is 5.89. The number of benzene rings is 1. The van der Waals surface area contributed by atoms with Crippen molar-refractivity contribution in [1.82, 2.24) is 4.98 Å². The second kappa shape index (κ2) is 11.1. The predicted molar refractivity (Wildman–Crippen MR) is 191 cm³/mol. The third-order valence-corrected chi connectivity index (χ3v) is 15.9. The number of rotatable bonds is 4. The molecule has 2 aromatic rings. The number of allylic oxidation sites excluding steroid dienone is 2. The zero-order valence-electron chi connectivity index (χ0n) is 30.2. The van der Waals surface area contributed by atoms with Gasteiger partial charge < -0.3 is 10.1 Å². The summed E-state index contributed by atoms with van der Waals surface area (Å²) >= 11 is 1.47. The number of ketones is 1. The van der Waals surface area contributed by atoms with Crippen LogP contribution in [0.15, 0.2) is 47.4 Å². The van der Waals surface area contributed by atoms with Crippen LogP contribution in [0.4, 0.5) is 5.13 Å². The van der Waals surface area contributed by atoms with E-state index in [2.05, 4.69) is 59.9 Å². The second-order valence-electron chi connectivity index (χ2n) is 18.1. The molecule has 258 valence electrons. The van der Waals surface area contributed by atoms with Crippen LogP contribution in [0.1, 0.15) is 113 Å². The SMILES string of the molecule is CC(=O)O[C@H]1CC[C@@]2(C)C(CC[C@]3(C)C2C(=O)C=C2C4C[C@@](C)(C(=O)Nc5nc(-c6ccccc6)cs5)CC[C@]4(C)CC[C@]23C)C1(C)C. The highest BCUT2D eigenvalue weighted by molar-refractivity contribution is 7.14. The monoisotopic (exact) mass is 670 g/mol. The van der Waals surface area contributed by atoms with Crippen LogP contribution in [0.25, 0.3) is 11.3 Å². The molecule has 6 nitrogen and oxygen atoms in total. The molecule has 9 atom stereocenters. The molecule has 4 saturated carbocycles. The van der Waals surface area contributed by atoms with Crippen molar-refractivity contribution in [3.63, 3.8) is 0 Å². The van der Waals surface area contributed by atoms with Gasteiger partial charge in [0, 0.05) is 34.6 Å². The van der Waals surface area contributed by atoms with Gasteiger partial charge in [-0.2, -0.15) is 0 Å². The summed E-state index contributed by atoms with van der Waals surface area (Å²) in [7, 11) is 0. The van der Waals surface area contributed by atoms with Crippen molar-refractivity contribution in [2.24, 2.45) is 50.2 Å². The van der Waals surface area contributed by atoms with Crippen LogP contribution in [0, 0.1) is 50.2 Å². The summed E-state index contributed by atoms with van der Waals surface area (Å²) in [5, 5.41) is 5.85. The number of carbonyl (C=O) groups is 3. The van der Waals surface area contributed by atoms with Crippen LogP contribution in [-0.4, -0.2) is 28.7 Å². The molecule has 1 heterocycles. The van der Waals surface area contributed by atoms with E-state index in [1.165, 1.54) is 23.8 Å². The van der Waals surface area contributed by atoms with E-state index in [9.17, 15) is 14.4 Å². The highest BCUT2D eigenvalue weighted by atomic mass is 32.1. The van der Waals surface area contributed by atoms with Gasteiger partial charge in [0.2, 0.25) is 5.91 Å². The smallest absolute Gasteiger partial charge is 0.302 e. The van der Waals surface area contributed by atoms with Gasteiger partial charge in [-0.3, -0.25) is 14.4 Å². The molecule has 7 rings (SSSR count). The van der Waals surface area contributed by atoms with Gasteiger partial charge in [-0.15, -0.1) is 11.3 Å². The summed E-state index contributed by atoms with van der Waals surface area (Å²) in [6.45, 7) is 17.8. The quantitative estimate of drug-likeness (QED) is 0.328. The van der Waals surface area contributed by atoms with E-state index in [0.29, 0.717) is 11.0 Å². The van der Waals surface area contributed by atoms with E-state index in [0.717, 1.165) is 69.0 Å². The Morgan fingerprint density at radius 1 is 0.917 bits per heavy atom. The standard InChI is InChI=1S/C41H54N2O4S/c1-25(44)47-32-15-16-39(6)31(36(32,2)3)14-17-41(8)33(39)30(45)22-27-28-23-38(5,19-18-37(28,4)20-21-40(27,41)7)34(46)43-35-42-29(24-48-35)26-12-10-9-11-13-26/h9-13,22,24,28,31-33H,14-21,23H2,1-8H3,(H,42,43,46)/t28?,31?,32-,33?,37+,38-,39-,40+,41+/m0/s1. The van der Waals surface area contributed by atoms with Gasteiger partial charge in [-0.1, -0.05) is 84.4 Å². The van der Waals surface area contributed by atoms with Crippen molar-refractivity contribution in [3.8, 4) is 11.3 Å². The number of nitrogens with one attached hydrogen (secondary N) is 1. The highest BCUT2D eigenvalue weighted by Crippen LogP contribution is 2.75. The maximum absolute atomic E-state index is 14.7. The van der Waals surface area contributed by atoms with Crippen LogP contribution in [-0.2, 0) is 19.1 Å². The van der Waals surface area contributed by atoms with Gasteiger partial charge in [0.15, 0.2) is 10.9 Å². The molecule has 7 heteroatoms. The number of thiazole rings is 1. The van der Waals surface area contributed by atoms with Crippen LogP contribution in [0.5, 0.6) is 0 Å². The van der Waals surface area contributed by atoms with Crippen molar-refractivity contribution in [1.29, 1.82) is 0 Å². The van der Waals surface area contributed by atoms with Crippen LogP contribution < -0.4 is 5.32 Å². The summed E-state index contributed by atoms with van der Waals surface area (Å²) in [5.41, 5.74) is 2.10. The Balaban J connectivity index is 1.18. The molecule has 5 aliphatic rings. The van der Waals surface area contributed by atoms with Gasteiger partial charge in [-0.05, 0) is 97.4 Å². The minimum absolute atomic E-state index is 0.0393. The molecule has 3 unspecified atom stereocenters. The van der Waals surface area contributed by atoms with E-state index >= 15 is 0 Å². The summed E-state index contributed by atoms with van der Waals surface area (Å²) in [6, 6.07) is 10.1. The summed E-state index contributed by atoms with van der Waals surface area (Å²) in [6.07, 6.45) is 10.4. The zero-order valence-corrected chi connectivity index (χ0v) is 31.0. The zero-order chi connectivity index (χ0) is 34.5. The first-order valence-corrected chi connectivity index (χ1v) is 19.1. The fourth-order valence-corrected chi connectivity index (χ4v) is 12.8. The maximum Gasteiger partial charge on any atom is 0.302 e. The number of carbonyl (C=O) groups excluding carboxylic acids is 3. The van der Waals surface area contributed by atoms with Gasteiger partial charge in [0.05, 0.1) is 5.69 Å². The molecule has 0 saturated heterocycles. The van der Waals surface area contributed by atoms with Gasteiger partial charge in [0.1, 0.15) is 6.10 Å². The van der Waals surface area contributed by atoms with Gasteiger partial charge in [0.25, 0.3) is 0 Å². The molecule has 1 aromatic heterocycles. The number of anilines is 1. The van der Waals surface area contributed by atoms with E-state index in [1.54, 1.807) is 0 Å². The minimum Gasteiger partial charge on any atom is -0.462 e. The normalized spacial score (nSPS) is 41.5. The summed E-state index contributed by atoms with van der Waals surface area (Å²) in [5.74, 6) is 0.524. The number of hydrogen-bond donors (Lipinski definition) is 1. The number of nitrogens with zero attached hydrogens (tertiary/aromatic N) is 1. The average molecular weight is 671 g/mol. The first-order chi connectivity index (χ1) is 22.5. The van der Waals surface area contributed by atoms with E-state index in [1.807, 2.05) is 35.7 Å². The first kappa shape index (κ1) is 33.7. The Kier molecular flexibility index (Phi) is 7.79. The van der Waals surface area contributed by atoms with Crippen molar-refractivity contribution >= 4 is 34.1 Å². The van der Waals surface area contributed by atoms with E-state index in [4.69, 9.17) is 9.72 Å².